The lowest BCUT2D eigenvalue weighted by atomic mass is 10.1. The molecule has 0 aromatic heterocycles. The molecule has 0 spiro atoms. The van der Waals surface area contributed by atoms with Crippen LogP contribution in [0.3, 0.4) is 0 Å². The number of carbonyl (C=O) groups is 1. The summed E-state index contributed by atoms with van der Waals surface area (Å²) < 4.78 is 5.39. The van der Waals surface area contributed by atoms with Crippen LogP contribution in [0.1, 0.15) is 12.5 Å². The standard InChI is InChI=1S/C18H22N2O2S/c1-2-22-16-7-9-17(10-8-16)23-13-18(21)20-12-11-14-3-5-15(19)6-4-14/h3-10H,2,11-13,19H2,1H3,(H,20,21). The number of hydrogen-bond acceptors (Lipinski definition) is 4. The van der Waals surface area contributed by atoms with E-state index >= 15 is 0 Å². The van der Waals surface area contributed by atoms with Gasteiger partial charge in [-0.05, 0) is 55.3 Å². The number of rotatable bonds is 8. The van der Waals surface area contributed by atoms with Crippen molar-refractivity contribution in [3.63, 3.8) is 0 Å². The van der Waals surface area contributed by atoms with E-state index in [0.717, 1.165) is 22.8 Å². The van der Waals surface area contributed by atoms with Gasteiger partial charge in [0.25, 0.3) is 0 Å². The summed E-state index contributed by atoms with van der Waals surface area (Å²) in [7, 11) is 0. The summed E-state index contributed by atoms with van der Waals surface area (Å²) in [5.41, 5.74) is 7.56. The smallest absolute Gasteiger partial charge is 0.230 e. The van der Waals surface area contributed by atoms with Gasteiger partial charge < -0.3 is 15.8 Å². The van der Waals surface area contributed by atoms with Crippen molar-refractivity contribution in [1.29, 1.82) is 0 Å². The molecule has 2 aromatic rings. The van der Waals surface area contributed by atoms with Crippen LogP contribution in [-0.4, -0.2) is 24.8 Å². The number of benzene rings is 2. The largest absolute Gasteiger partial charge is 0.494 e. The van der Waals surface area contributed by atoms with E-state index in [2.05, 4.69) is 5.32 Å². The molecule has 23 heavy (non-hydrogen) atoms. The van der Waals surface area contributed by atoms with Crippen molar-refractivity contribution in [2.24, 2.45) is 0 Å². The molecule has 2 rings (SSSR count). The molecule has 0 saturated heterocycles. The van der Waals surface area contributed by atoms with Crippen LogP contribution in [0.15, 0.2) is 53.4 Å². The fraction of sp³-hybridized carbons (Fsp3) is 0.278. The molecule has 4 nitrogen and oxygen atoms in total. The minimum Gasteiger partial charge on any atom is -0.494 e. The van der Waals surface area contributed by atoms with Gasteiger partial charge in [0.05, 0.1) is 12.4 Å². The molecule has 5 heteroatoms. The Morgan fingerprint density at radius 2 is 1.83 bits per heavy atom. The van der Waals surface area contributed by atoms with Crippen LogP contribution in [0.4, 0.5) is 5.69 Å². The third-order valence-corrected chi connectivity index (χ3v) is 4.23. The number of anilines is 1. The van der Waals surface area contributed by atoms with E-state index in [-0.39, 0.29) is 5.91 Å². The van der Waals surface area contributed by atoms with Crippen LogP contribution in [-0.2, 0) is 11.2 Å². The highest BCUT2D eigenvalue weighted by Crippen LogP contribution is 2.21. The summed E-state index contributed by atoms with van der Waals surface area (Å²) >= 11 is 1.52. The Morgan fingerprint density at radius 1 is 1.13 bits per heavy atom. The van der Waals surface area contributed by atoms with Crippen molar-refractivity contribution < 1.29 is 9.53 Å². The van der Waals surface area contributed by atoms with Crippen molar-refractivity contribution >= 4 is 23.4 Å². The number of ether oxygens (including phenoxy) is 1. The molecule has 0 radical (unpaired) electrons. The fourth-order valence-electron chi connectivity index (χ4n) is 2.03. The Balaban J connectivity index is 1.67. The first-order valence-corrected chi connectivity index (χ1v) is 8.62. The number of nitrogens with two attached hydrogens (primary N) is 1. The minimum atomic E-state index is 0.0410. The highest BCUT2D eigenvalue weighted by molar-refractivity contribution is 8.00. The third kappa shape index (κ3) is 6.24. The van der Waals surface area contributed by atoms with Gasteiger partial charge in [0, 0.05) is 17.1 Å². The topological polar surface area (TPSA) is 64.3 Å². The molecule has 0 atom stereocenters. The Labute approximate surface area is 141 Å². The van der Waals surface area contributed by atoms with Gasteiger partial charge in [-0.3, -0.25) is 4.79 Å². The van der Waals surface area contributed by atoms with E-state index in [0.29, 0.717) is 18.9 Å². The molecule has 0 aliphatic rings. The Hall–Kier alpha value is -2.14. The number of thioether (sulfide) groups is 1. The number of nitrogen functional groups attached to an aromatic ring is 1. The molecule has 0 aliphatic carbocycles. The summed E-state index contributed by atoms with van der Waals surface area (Å²) in [5.74, 6) is 1.31. The molecule has 0 fully saturated rings. The first kappa shape index (κ1) is 17.2. The normalized spacial score (nSPS) is 10.3. The first-order valence-electron chi connectivity index (χ1n) is 7.64. The average molecular weight is 330 g/mol. The van der Waals surface area contributed by atoms with Gasteiger partial charge in [-0.25, -0.2) is 0 Å². The van der Waals surface area contributed by atoms with Crippen molar-refractivity contribution in [2.45, 2.75) is 18.2 Å². The lowest BCUT2D eigenvalue weighted by Crippen LogP contribution is -2.27. The van der Waals surface area contributed by atoms with Crippen molar-refractivity contribution in [3.05, 3.63) is 54.1 Å². The predicted molar refractivity (Wildman–Crippen MR) is 95.9 cm³/mol. The molecular weight excluding hydrogens is 308 g/mol. The van der Waals surface area contributed by atoms with Crippen LogP contribution >= 0.6 is 11.8 Å². The van der Waals surface area contributed by atoms with E-state index in [1.54, 1.807) is 0 Å². The second kappa shape index (κ2) is 9.10. The molecule has 2 aromatic carbocycles. The van der Waals surface area contributed by atoms with Crippen molar-refractivity contribution in [1.82, 2.24) is 5.32 Å². The average Bonchev–Trinajstić information content (AvgIpc) is 2.56. The Morgan fingerprint density at radius 3 is 2.48 bits per heavy atom. The van der Waals surface area contributed by atoms with Gasteiger partial charge in [0.1, 0.15) is 5.75 Å². The highest BCUT2D eigenvalue weighted by Gasteiger charge is 2.03. The van der Waals surface area contributed by atoms with E-state index in [4.69, 9.17) is 10.5 Å². The summed E-state index contributed by atoms with van der Waals surface area (Å²) in [5, 5.41) is 2.93. The summed E-state index contributed by atoms with van der Waals surface area (Å²) in [6, 6.07) is 15.5. The van der Waals surface area contributed by atoms with Gasteiger partial charge in [0.2, 0.25) is 5.91 Å². The second-order valence-corrected chi connectivity index (χ2v) is 6.08. The molecule has 0 unspecified atom stereocenters. The molecule has 0 aliphatic heterocycles. The predicted octanol–water partition coefficient (Wildman–Crippen LogP) is 3.12. The van der Waals surface area contributed by atoms with Gasteiger partial charge in [-0.1, -0.05) is 12.1 Å². The van der Waals surface area contributed by atoms with Crippen LogP contribution < -0.4 is 15.8 Å². The van der Waals surface area contributed by atoms with E-state index in [1.807, 2.05) is 55.5 Å². The van der Waals surface area contributed by atoms with Gasteiger partial charge in [-0.15, -0.1) is 11.8 Å². The van der Waals surface area contributed by atoms with Crippen LogP contribution in [0, 0.1) is 0 Å². The maximum atomic E-state index is 11.9. The number of nitrogens with one attached hydrogen (secondary N) is 1. The SMILES string of the molecule is CCOc1ccc(SCC(=O)NCCc2ccc(N)cc2)cc1. The van der Waals surface area contributed by atoms with E-state index < -0.39 is 0 Å². The molecule has 3 N–H and O–H groups in total. The number of carbonyl (C=O) groups excluding carboxylic acids is 1. The van der Waals surface area contributed by atoms with E-state index in [1.165, 1.54) is 17.3 Å². The monoisotopic (exact) mass is 330 g/mol. The van der Waals surface area contributed by atoms with Gasteiger partial charge in [-0.2, -0.15) is 0 Å². The number of hydrogen-bond donors (Lipinski definition) is 2. The molecular formula is C18H22N2O2S. The lowest BCUT2D eigenvalue weighted by molar-refractivity contribution is -0.118. The fourth-order valence-corrected chi connectivity index (χ4v) is 2.76. The molecule has 0 saturated carbocycles. The quantitative estimate of drug-likeness (QED) is 0.576. The van der Waals surface area contributed by atoms with Crippen molar-refractivity contribution in [3.8, 4) is 5.75 Å². The summed E-state index contributed by atoms with van der Waals surface area (Å²) in [6.45, 7) is 3.24. The second-order valence-electron chi connectivity index (χ2n) is 5.03. The first-order chi connectivity index (χ1) is 11.2. The van der Waals surface area contributed by atoms with Gasteiger partial charge in [0.15, 0.2) is 0 Å². The zero-order valence-corrected chi connectivity index (χ0v) is 14.1. The number of amides is 1. The molecule has 1 amide bonds. The van der Waals surface area contributed by atoms with Crippen LogP contribution in [0.25, 0.3) is 0 Å². The molecule has 0 bridgehead atoms. The maximum Gasteiger partial charge on any atom is 0.230 e. The zero-order chi connectivity index (χ0) is 16.5. The maximum absolute atomic E-state index is 11.9. The van der Waals surface area contributed by atoms with Crippen molar-refractivity contribution in [2.75, 3.05) is 24.6 Å². The molecule has 0 heterocycles. The van der Waals surface area contributed by atoms with Gasteiger partial charge >= 0.3 is 0 Å². The minimum absolute atomic E-state index is 0.0410. The van der Waals surface area contributed by atoms with E-state index in [9.17, 15) is 4.79 Å². The highest BCUT2D eigenvalue weighted by atomic mass is 32.2. The third-order valence-electron chi connectivity index (χ3n) is 3.22. The van der Waals surface area contributed by atoms with Crippen LogP contribution in [0.2, 0.25) is 0 Å². The Bertz CT molecular complexity index is 612. The lowest BCUT2D eigenvalue weighted by Gasteiger charge is -2.07. The summed E-state index contributed by atoms with van der Waals surface area (Å²) in [4.78, 5) is 12.9. The zero-order valence-electron chi connectivity index (χ0n) is 13.2. The summed E-state index contributed by atoms with van der Waals surface area (Å²) in [6.07, 6.45) is 0.805. The molecule has 122 valence electrons. The Kier molecular flexibility index (Phi) is 6.81. The van der Waals surface area contributed by atoms with Crippen LogP contribution in [0.5, 0.6) is 5.75 Å².